The molecule has 1 aliphatic rings. The van der Waals surface area contributed by atoms with Gasteiger partial charge in [-0.3, -0.25) is 0 Å². The van der Waals surface area contributed by atoms with Crippen LogP contribution in [0.3, 0.4) is 0 Å². The highest BCUT2D eigenvalue weighted by Crippen LogP contribution is 2.26. The number of sulfonamides is 2. The van der Waals surface area contributed by atoms with E-state index in [0.717, 1.165) is 11.1 Å². The van der Waals surface area contributed by atoms with Crippen LogP contribution in [-0.2, 0) is 20.0 Å². The molecule has 3 rings (SSSR count). The summed E-state index contributed by atoms with van der Waals surface area (Å²) in [5.74, 6) is -0.316. The Morgan fingerprint density at radius 2 is 1.60 bits per heavy atom. The first-order valence-corrected chi connectivity index (χ1v) is 12.6. The van der Waals surface area contributed by atoms with Crippen LogP contribution in [-0.4, -0.2) is 40.3 Å². The molecular formula is C21H25FN2O4S2. The Bertz CT molecular complexity index is 1130. The van der Waals surface area contributed by atoms with E-state index in [0.29, 0.717) is 19.4 Å². The van der Waals surface area contributed by atoms with E-state index >= 15 is 0 Å². The van der Waals surface area contributed by atoms with Gasteiger partial charge in [0.05, 0.1) is 9.79 Å². The summed E-state index contributed by atoms with van der Waals surface area (Å²) in [7, 11) is -7.45. The molecule has 9 heteroatoms. The van der Waals surface area contributed by atoms with Gasteiger partial charge in [-0.1, -0.05) is 25.1 Å². The number of benzene rings is 2. The van der Waals surface area contributed by atoms with Gasteiger partial charge in [-0.2, -0.15) is 4.31 Å². The minimum absolute atomic E-state index is 0.0267. The number of hydrogen-bond donors (Lipinski definition) is 1. The van der Waals surface area contributed by atoms with Gasteiger partial charge in [0.25, 0.3) is 0 Å². The number of halogens is 1. The fraction of sp³-hybridized carbons (Fsp3) is 0.333. The molecule has 0 saturated carbocycles. The van der Waals surface area contributed by atoms with Crippen LogP contribution in [0.4, 0.5) is 4.39 Å². The molecule has 162 valence electrons. The Hall–Kier alpha value is -2.07. The molecule has 0 aromatic heterocycles. The molecule has 0 fully saturated rings. The molecule has 0 unspecified atom stereocenters. The van der Waals surface area contributed by atoms with E-state index in [1.807, 2.05) is 13.0 Å². The average molecular weight is 453 g/mol. The van der Waals surface area contributed by atoms with E-state index in [1.54, 1.807) is 19.1 Å². The Balaban J connectivity index is 1.75. The van der Waals surface area contributed by atoms with Gasteiger partial charge in [0.2, 0.25) is 20.0 Å². The number of nitrogens with one attached hydrogen (secondary N) is 1. The number of rotatable bonds is 7. The first-order chi connectivity index (χ1) is 14.1. The lowest BCUT2D eigenvalue weighted by atomic mass is 10.0. The first-order valence-electron chi connectivity index (χ1n) is 9.71. The van der Waals surface area contributed by atoms with Gasteiger partial charge in [0.15, 0.2) is 0 Å². The summed E-state index contributed by atoms with van der Waals surface area (Å²) < 4.78 is 67.6. The summed E-state index contributed by atoms with van der Waals surface area (Å²) in [6.07, 6.45) is 2.98. The van der Waals surface area contributed by atoms with Gasteiger partial charge < -0.3 is 0 Å². The lowest BCUT2D eigenvalue weighted by Gasteiger charge is -2.26. The molecule has 0 spiro atoms. The predicted molar refractivity (Wildman–Crippen MR) is 114 cm³/mol. The van der Waals surface area contributed by atoms with Crippen LogP contribution in [0.2, 0.25) is 0 Å². The third kappa shape index (κ3) is 4.97. The van der Waals surface area contributed by atoms with Crippen molar-refractivity contribution < 1.29 is 21.2 Å². The van der Waals surface area contributed by atoms with Crippen LogP contribution in [0.5, 0.6) is 0 Å². The molecule has 0 saturated heterocycles. The quantitative estimate of drug-likeness (QED) is 0.698. The van der Waals surface area contributed by atoms with Crippen molar-refractivity contribution in [1.82, 2.24) is 9.03 Å². The predicted octanol–water partition coefficient (Wildman–Crippen LogP) is 3.38. The second kappa shape index (κ2) is 8.97. The van der Waals surface area contributed by atoms with E-state index < -0.39 is 20.0 Å². The van der Waals surface area contributed by atoms with Crippen LogP contribution in [0, 0.1) is 5.82 Å². The summed E-state index contributed by atoms with van der Waals surface area (Å²) in [5, 5.41) is 0. The molecule has 0 amide bonds. The van der Waals surface area contributed by atoms with Crippen molar-refractivity contribution in [3.63, 3.8) is 0 Å². The minimum Gasteiger partial charge on any atom is -0.208 e. The molecule has 2 aromatic carbocycles. The Labute approximate surface area is 177 Å². The van der Waals surface area contributed by atoms with Crippen molar-refractivity contribution in [2.45, 2.75) is 42.5 Å². The summed E-state index contributed by atoms with van der Waals surface area (Å²) >= 11 is 0. The molecule has 30 heavy (non-hydrogen) atoms. The van der Waals surface area contributed by atoms with Crippen molar-refractivity contribution in [3.8, 4) is 0 Å². The summed E-state index contributed by atoms with van der Waals surface area (Å²) in [6, 6.07) is 11.2. The third-order valence-corrected chi connectivity index (χ3v) is 8.61. The SMILES string of the molecule is CC[C@H](C)NS(=O)(=O)c1ccc(S(=O)(=O)N2CC=C(c3ccc(F)cc3)CC2)cc1. The van der Waals surface area contributed by atoms with Crippen LogP contribution in [0.1, 0.15) is 32.3 Å². The topological polar surface area (TPSA) is 83.5 Å². The number of nitrogens with zero attached hydrogens (tertiary/aromatic N) is 1. The highest BCUT2D eigenvalue weighted by atomic mass is 32.2. The fourth-order valence-corrected chi connectivity index (χ4v) is 5.86. The maximum absolute atomic E-state index is 13.1. The second-order valence-electron chi connectivity index (χ2n) is 7.25. The molecule has 1 N–H and O–H groups in total. The lowest BCUT2D eigenvalue weighted by Crippen LogP contribution is -2.35. The Morgan fingerprint density at radius 1 is 1.00 bits per heavy atom. The molecule has 1 aliphatic heterocycles. The van der Waals surface area contributed by atoms with Gasteiger partial charge in [0.1, 0.15) is 5.82 Å². The lowest BCUT2D eigenvalue weighted by molar-refractivity contribution is 0.441. The molecule has 0 aliphatic carbocycles. The van der Waals surface area contributed by atoms with E-state index in [9.17, 15) is 21.2 Å². The largest absolute Gasteiger partial charge is 0.243 e. The van der Waals surface area contributed by atoms with Crippen molar-refractivity contribution >= 4 is 25.6 Å². The summed E-state index contributed by atoms with van der Waals surface area (Å²) in [5.41, 5.74) is 1.84. The van der Waals surface area contributed by atoms with Crippen molar-refractivity contribution in [2.75, 3.05) is 13.1 Å². The molecule has 1 heterocycles. The zero-order chi connectivity index (χ0) is 21.9. The van der Waals surface area contributed by atoms with Gasteiger partial charge in [-0.25, -0.2) is 25.9 Å². The highest BCUT2D eigenvalue weighted by molar-refractivity contribution is 7.89. The van der Waals surface area contributed by atoms with Crippen LogP contribution in [0.25, 0.3) is 5.57 Å². The molecule has 1 atom stereocenters. The summed E-state index contributed by atoms with van der Waals surface area (Å²) in [4.78, 5) is 0.0718. The average Bonchev–Trinajstić information content (AvgIpc) is 2.74. The van der Waals surface area contributed by atoms with E-state index in [1.165, 1.54) is 40.7 Å². The summed E-state index contributed by atoms with van der Waals surface area (Å²) in [6.45, 7) is 4.13. The van der Waals surface area contributed by atoms with Gasteiger partial charge in [-0.05, 0) is 67.3 Å². The zero-order valence-corrected chi connectivity index (χ0v) is 18.5. The third-order valence-electron chi connectivity index (χ3n) is 5.13. The molecule has 0 bridgehead atoms. The zero-order valence-electron chi connectivity index (χ0n) is 16.9. The van der Waals surface area contributed by atoms with Crippen molar-refractivity contribution in [2.24, 2.45) is 0 Å². The van der Waals surface area contributed by atoms with Crippen LogP contribution >= 0.6 is 0 Å². The maximum Gasteiger partial charge on any atom is 0.243 e. The van der Waals surface area contributed by atoms with Crippen molar-refractivity contribution in [3.05, 3.63) is 66.0 Å². The highest BCUT2D eigenvalue weighted by Gasteiger charge is 2.27. The van der Waals surface area contributed by atoms with Crippen LogP contribution in [0.15, 0.2) is 64.4 Å². The van der Waals surface area contributed by atoms with Gasteiger partial charge >= 0.3 is 0 Å². The normalized spacial score (nSPS) is 16.8. The van der Waals surface area contributed by atoms with E-state index in [2.05, 4.69) is 4.72 Å². The van der Waals surface area contributed by atoms with E-state index in [4.69, 9.17) is 0 Å². The molecule has 2 aromatic rings. The fourth-order valence-electron chi connectivity index (χ4n) is 3.15. The van der Waals surface area contributed by atoms with Gasteiger partial charge in [-0.15, -0.1) is 0 Å². The molecular weight excluding hydrogens is 427 g/mol. The molecule has 0 radical (unpaired) electrons. The van der Waals surface area contributed by atoms with Crippen LogP contribution < -0.4 is 4.72 Å². The smallest absolute Gasteiger partial charge is 0.208 e. The van der Waals surface area contributed by atoms with Gasteiger partial charge in [0, 0.05) is 19.1 Å². The Morgan fingerprint density at radius 3 is 2.13 bits per heavy atom. The standard InChI is InChI=1S/C21H25FN2O4S2/c1-3-16(2)23-29(25,26)20-8-10-21(11-9-20)30(27,28)24-14-12-18(13-15-24)17-4-6-19(22)7-5-17/h4-12,16,23H,3,13-15H2,1-2H3/t16-/m0/s1. The Kier molecular flexibility index (Phi) is 6.76. The number of hydrogen-bond acceptors (Lipinski definition) is 4. The van der Waals surface area contributed by atoms with Crippen molar-refractivity contribution in [1.29, 1.82) is 0 Å². The maximum atomic E-state index is 13.1. The second-order valence-corrected chi connectivity index (χ2v) is 10.9. The minimum atomic E-state index is -3.75. The molecule has 6 nitrogen and oxygen atoms in total. The first kappa shape index (κ1) is 22.6. The monoisotopic (exact) mass is 452 g/mol. The van der Waals surface area contributed by atoms with E-state index in [-0.39, 0.29) is 28.2 Å².